The first-order chi connectivity index (χ1) is 17.0. The van der Waals surface area contributed by atoms with E-state index in [0.29, 0.717) is 46.7 Å². The Kier molecular flexibility index (Phi) is 9.50. The number of benzene rings is 3. The van der Waals surface area contributed by atoms with Crippen LogP contribution in [0.2, 0.25) is 5.02 Å². The number of carbonyl (C=O) groups is 2. The summed E-state index contributed by atoms with van der Waals surface area (Å²) >= 11 is 6.19. The van der Waals surface area contributed by atoms with Crippen LogP contribution in [0.1, 0.15) is 24.5 Å². The van der Waals surface area contributed by atoms with Crippen molar-refractivity contribution in [1.29, 1.82) is 0 Å². The molecule has 0 unspecified atom stereocenters. The van der Waals surface area contributed by atoms with Gasteiger partial charge in [0.1, 0.15) is 18.8 Å². The van der Waals surface area contributed by atoms with Gasteiger partial charge in [-0.15, -0.1) is 0 Å². The minimum absolute atomic E-state index is 0.292. The van der Waals surface area contributed by atoms with Crippen molar-refractivity contribution >= 4 is 35.3 Å². The third-order valence-electron chi connectivity index (χ3n) is 4.71. The predicted molar refractivity (Wildman–Crippen MR) is 135 cm³/mol. The number of anilines is 1. The van der Waals surface area contributed by atoms with Crippen LogP contribution in [0.4, 0.5) is 5.69 Å². The van der Waals surface area contributed by atoms with Gasteiger partial charge < -0.3 is 19.5 Å². The van der Waals surface area contributed by atoms with Gasteiger partial charge in [-0.1, -0.05) is 41.9 Å². The minimum Gasteiger partial charge on any atom is -0.495 e. The molecule has 3 aromatic carbocycles. The summed E-state index contributed by atoms with van der Waals surface area (Å²) in [5.41, 5.74) is 4.37. The molecule has 0 atom stereocenters. The quantitative estimate of drug-likeness (QED) is 0.226. The van der Waals surface area contributed by atoms with Gasteiger partial charge >= 0.3 is 0 Å². The Morgan fingerprint density at radius 2 is 1.71 bits per heavy atom. The van der Waals surface area contributed by atoms with Gasteiger partial charge in [-0.25, -0.2) is 5.43 Å². The monoisotopic (exact) mass is 495 g/mol. The van der Waals surface area contributed by atoms with E-state index in [2.05, 4.69) is 15.8 Å². The number of amides is 2. The van der Waals surface area contributed by atoms with Crippen LogP contribution in [-0.2, 0) is 16.2 Å². The molecule has 3 aromatic rings. The standard InChI is InChI=1S/C26H26ClN3O5/c1-3-34-24-14-18(12-13-23(24)35-17-19-8-4-5-9-20(19)27)16-28-30-26(32)15-25(31)29-21-10-6-7-11-22(21)33-2/h4-14,16H,3,15,17H2,1-2H3,(H,29,31)(H,30,32). The largest absolute Gasteiger partial charge is 0.495 e. The maximum absolute atomic E-state index is 12.1. The fourth-order valence-corrected chi connectivity index (χ4v) is 3.26. The summed E-state index contributed by atoms with van der Waals surface area (Å²) in [6.45, 7) is 2.61. The van der Waals surface area contributed by atoms with Gasteiger partial charge in [0.2, 0.25) is 11.8 Å². The highest BCUT2D eigenvalue weighted by molar-refractivity contribution is 6.31. The molecule has 0 spiro atoms. The Bertz CT molecular complexity index is 1200. The van der Waals surface area contributed by atoms with E-state index in [0.717, 1.165) is 5.56 Å². The summed E-state index contributed by atoms with van der Waals surface area (Å²) in [7, 11) is 1.50. The van der Waals surface area contributed by atoms with E-state index in [9.17, 15) is 9.59 Å². The highest BCUT2D eigenvalue weighted by Gasteiger charge is 2.12. The fraction of sp³-hybridized carbons (Fsp3) is 0.192. The van der Waals surface area contributed by atoms with Crippen molar-refractivity contribution in [2.45, 2.75) is 20.0 Å². The van der Waals surface area contributed by atoms with Crippen LogP contribution in [-0.4, -0.2) is 31.7 Å². The van der Waals surface area contributed by atoms with E-state index in [4.69, 9.17) is 25.8 Å². The second kappa shape index (κ2) is 13.0. The molecule has 3 rings (SSSR count). The normalized spacial score (nSPS) is 10.6. The number of para-hydroxylation sites is 2. The van der Waals surface area contributed by atoms with Gasteiger partial charge in [-0.2, -0.15) is 5.10 Å². The van der Waals surface area contributed by atoms with Crippen LogP contribution in [0.5, 0.6) is 17.2 Å². The third-order valence-corrected chi connectivity index (χ3v) is 5.08. The van der Waals surface area contributed by atoms with E-state index in [1.807, 2.05) is 25.1 Å². The van der Waals surface area contributed by atoms with Crippen LogP contribution in [0.3, 0.4) is 0 Å². The molecule has 0 aliphatic heterocycles. The lowest BCUT2D eigenvalue weighted by Gasteiger charge is -2.13. The van der Waals surface area contributed by atoms with Crippen LogP contribution < -0.4 is 25.0 Å². The second-order valence-electron chi connectivity index (χ2n) is 7.24. The molecule has 2 amide bonds. The van der Waals surface area contributed by atoms with Gasteiger partial charge in [0.25, 0.3) is 0 Å². The van der Waals surface area contributed by atoms with E-state index < -0.39 is 18.2 Å². The number of halogens is 1. The molecule has 0 heterocycles. The Morgan fingerprint density at radius 3 is 2.49 bits per heavy atom. The van der Waals surface area contributed by atoms with E-state index in [1.54, 1.807) is 48.5 Å². The Hall–Kier alpha value is -4.04. The Balaban J connectivity index is 1.55. The second-order valence-corrected chi connectivity index (χ2v) is 7.64. The van der Waals surface area contributed by atoms with Gasteiger partial charge in [0.05, 0.1) is 25.6 Å². The van der Waals surface area contributed by atoms with Gasteiger partial charge in [0.15, 0.2) is 11.5 Å². The highest BCUT2D eigenvalue weighted by atomic mass is 35.5. The predicted octanol–water partition coefficient (Wildman–Crippen LogP) is 4.81. The number of hydrogen-bond acceptors (Lipinski definition) is 6. The molecule has 0 bridgehead atoms. The topological polar surface area (TPSA) is 98.2 Å². The molecule has 0 aromatic heterocycles. The zero-order valence-electron chi connectivity index (χ0n) is 19.4. The summed E-state index contributed by atoms with van der Waals surface area (Å²) in [6, 6.07) is 19.7. The summed E-state index contributed by atoms with van der Waals surface area (Å²) in [5, 5.41) is 7.19. The van der Waals surface area contributed by atoms with E-state index in [1.165, 1.54) is 13.3 Å². The average Bonchev–Trinajstić information content (AvgIpc) is 2.85. The lowest BCUT2D eigenvalue weighted by Crippen LogP contribution is -2.24. The first-order valence-corrected chi connectivity index (χ1v) is 11.3. The van der Waals surface area contributed by atoms with Crippen molar-refractivity contribution in [3.63, 3.8) is 0 Å². The number of carbonyl (C=O) groups excluding carboxylic acids is 2. The van der Waals surface area contributed by atoms with Crippen molar-refractivity contribution in [2.24, 2.45) is 5.10 Å². The Morgan fingerprint density at radius 1 is 0.943 bits per heavy atom. The number of ether oxygens (including phenoxy) is 3. The zero-order chi connectivity index (χ0) is 25.0. The summed E-state index contributed by atoms with van der Waals surface area (Å²) in [4.78, 5) is 24.2. The van der Waals surface area contributed by atoms with Crippen molar-refractivity contribution in [1.82, 2.24) is 5.43 Å². The van der Waals surface area contributed by atoms with E-state index in [-0.39, 0.29) is 0 Å². The number of rotatable bonds is 11. The molecule has 0 aliphatic rings. The van der Waals surface area contributed by atoms with Crippen LogP contribution in [0.15, 0.2) is 71.8 Å². The third kappa shape index (κ3) is 7.75. The van der Waals surface area contributed by atoms with Crippen molar-refractivity contribution in [3.8, 4) is 17.2 Å². The minimum atomic E-state index is -0.557. The maximum Gasteiger partial charge on any atom is 0.249 e. The van der Waals surface area contributed by atoms with Gasteiger partial charge in [-0.05, 0) is 48.9 Å². The lowest BCUT2D eigenvalue weighted by atomic mass is 10.2. The smallest absolute Gasteiger partial charge is 0.249 e. The molecule has 0 saturated carbocycles. The number of nitrogens with one attached hydrogen (secondary N) is 2. The van der Waals surface area contributed by atoms with E-state index >= 15 is 0 Å². The molecular weight excluding hydrogens is 470 g/mol. The maximum atomic E-state index is 12.1. The van der Waals surface area contributed by atoms with Gasteiger partial charge in [-0.3, -0.25) is 9.59 Å². The molecule has 2 N–H and O–H groups in total. The molecule has 182 valence electrons. The van der Waals surface area contributed by atoms with Crippen LogP contribution in [0, 0.1) is 0 Å². The first-order valence-electron chi connectivity index (χ1n) is 10.9. The molecule has 0 saturated heterocycles. The van der Waals surface area contributed by atoms with Crippen LogP contribution >= 0.6 is 11.6 Å². The molecule has 0 aliphatic carbocycles. The number of methoxy groups -OCH3 is 1. The molecule has 0 radical (unpaired) electrons. The zero-order valence-corrected chi connectivity index (χ0v) is 20.2. The van der Waals surface area contributed by atoms with Crippen molar-refractivity contribution in [3.05, 3.63) is 82.9 Å². The van der Waals surface area contributed by atoms with Crippen molar-refractivity contribution < 1.29 is 23.8 Å². The Labute approximate surface area is 208 Å². The lowest BCUT2D eigenvalue weighted by molar-refractivity contribution is -0.126. The average molecular weight is 496 g/mol. The summed E-state index contributed by atoms with van der Waals surface area (Å²) in [6.07, 6.45) is 1.06. The molecule has 9 heteroatoms. The summed E-state index contributed by atoms with van der Waals surface area (Å²) < 4.78 is 16.7. The number of hydrazone groups is 1. The fourth-order valence-electron chi connectivity index (χ4n) is 3.07. The summed E-state index contributed by atoms with van der Waals surface area (Å²) in [5.74, 6) is 0.551. The van der Waals surface area contributed by atoms with Crippen LogP contribution in [0.25, 0.3) is 0 Å². The molecular formula is C26H26ClN3O5. The van der Waals surface area contributed by atoms with Crippen molar-refractivity contribution in [2.75, 3.05) is 19.0 Å². The highest BCUT2D eigenvalue weighted by Crippen LogP contribution is 2.29. The SMILES string of the molecule is CCOc1cc(C=NNC(=O)CC(=O)Nc2ccccc2OC)ccc1OCc1ccccc1Cl. The first kappa shape index (κ1) is 25.6. The number of hydrogen-bond donors (Lipinski definition) is 2. The molecule has 8 nitrogen and oxygen atoms in total. The molecule has 35 heavy (non-hydrogen) atoms. The number of nitrogens with zero attached hydrogens (tertiary/aromatic N) is 1. The molecule has 0 fully saturated rings. The van der Waals surface area contributed by atoms with Gasteiger partial charge in [0, 0.05) is 10.6 Å².